The average molecular weight is 402 g/mol. The predicted molar refractivity (Wildman–Crippen MR) is 111 cm³/mol. The summed E-state index contributed by atoms with van der Waals surface area (Å²) in [6.45, 7) is 5.90. The molecule has 0 bridgehead atoms. The number of nitrogens with zero attached hydrogens (tertiary/aromatic N) is 5. The number of nitrogens with one attached hydrogen (secondary N) is 2. The summed E-state index contributed by atoms with van der Waals surface area (Å²) in [4.78, 5) is 11.7. The Morgan fingerprint density at radius 2 is 1.89 bits per heavy atom. The first-order chi connectivity index (χ1) is 13.7. The van der Waals surface area contributed by atoms with E-state index in [1.807, 2.05) is 31.3 Å². The number of aryl methyl sites for hydroxylation is 1. The second kappa shape index (κ2) is 8.72. The van der Waals surface area contributed by atoms with Crippen molar-refractivity contribution < 1.29 is 4.74 Å². The molecule has 0 aliphatic carbocycles. The number of hydrogen-bond acceptors (Lipinski definition) is 7. The van der Waals surface area contributed by atoms with Gasteiger partial charge >= 0.3 is 0 Å². The normalized spacial score (nSPS) is 15.1. The molecular formula is C19H24ClN7O. The zero-order valence-electron chi connectivity index (χ0n) is 15.9. The molecule has 1 saturated heterocycles. The highest BCUT2D eigenvalue weighted by atomic mass is 35.5. The van der Waals surface area contributed by atoms with E-state index in [0.717, 1.165) is 66.8 Å². The first-order valence-electron chi connectivity index (χ1n) is 9.41. The summed E-state index contributed by atoms with van der Waals surface area (Å²) in [5.74, 6) is 1.37. The predicted octanol–water partition coefficient (Wildman–Crippen LogP) is 2.37. The van der Waals surface area contributed by atoms with Gasteiger partial charge in [0.25, 0.3) is 0 Å². The fourth-order valence-electron chi connectivity index (χ4n) is 3.17. The van der Waals surface area contributed by atoms with Gasteiger partial charge in [0.15, 0.2) is 5.65 Å². The van der Waals surface area contributed by atoms with E-state index in [1.165, 1.54) is 0 Å². The summed E-state index contributed by atoms with van der Waals surface area (Å²) in [6, 6.07) is 7.77. The number of morpholine rings is 1. The number of ether oxygens (including phenoxy) is 1. The summed E-state index contributed by atoms with van der Waals surface area (Å²) >= 11 is 5.96. The minimum absolute atomic E-state index is 0.600. The Balaban J connectivity index is 1.46. The van der Waals surface area contributed by atoms with E-state index in [0.29, 0.717) is 12.5 Å². The van der Waals surface area contributed by atoms with Crippen molar-refractivity contribution in [3.8, 4) is 0 Å². The van der Waals surface area contributed by atoms with Gasteiger partial charge in [-0.2, -0.15) is 15.1 Å². The van der Waals surface area contributed by atoms with Gasteiger partial charge in [-0.15, -0.1) is 0 Å². The molecule has 0 radical (unpaired) electrons. The molecule has 1 fully saturated rings. The minimum atomic E-state index is 0.600. The van der Waals surface area contributed by atoms with Gasteiger partial charge in [-0.3, -0.25) is 9.58 Å². The highest BCUT2D eigenvalue weighted by Crippen LogP contribution is 2.22. The van der Waals surface area contributed by atoms with E-state index in [1.54, 1.807) is 10.9 Å². The maximum Gasteiger partial charge on any atom is 0.226 e. The molecule has 3 aromatic rings. The van der Waals surface area contributed by atoms with Crippen molar-refractivity contribution in [1.82, 2.24) is 24.6 Å². The molecule has 4 rings (SSSR count). The molecule has 3 heterocycles. The molecule has 0 amide bonds. The van der Waals surface area contributed by atoms with Crippen LogP contribution >= 0.6 is 11.6 Å². The number of rotatable bonds is 7. The number of benzene rings is 1. The Bertz CT molecular complexity index is 922. The van der Waals surface area contributed by atoms with Gasteiger partial charge in [-0.1, -0.05) is 23.7 Å². The largest absolute Gasteiger partial charge is 0.379 e. The van der Waals surface area contributed by atoms with Crippen LogP contribution in [-0.2, 0) is 18.3 Å². The summed E-state index contributed by atoms with van der Waals surface area (Å²) in [5.41, 5.74) is 1.92. The average Bonchev–Trinajstić information content (AvgIpc) is 3.09. The van der Waals surface area contributed by atoms with Crippen LogP contribution in [0.2, 0.25) is 5.02 Å². The van der Waals surface area contributed by atoms with E-state index in [2.05, 4.69) is 30.6 Å². The van der Waals surface area contributed by atoms with Crippen LogP contribution in [0.1, 0.15) is 5.56 Å². The van der Waals surface area contributed by atoms with Crippen molar-refractivity contribution >= 4 is 34.4 Å². The molecule has 8 nitrogen and oxygen atoms in total. The number of halogens is 1. The van der Waals surface area contributed by atoms with Crippen LogP contribution in [0.4, 0.5) is 11.8 Å². The fraction of sp³-hybridized carbons (Fsp3) is 0.421. The summed E-state index contributed by atoms with van der Waals surface area (Å²) in [7, 11) is 1.88. The summed E-state index contributed by atoms with van der Waals surface area (Å²) in [6.07, 6.45) is 1.79. The third kappa shape index (κ3) is 4.52. The number of hydrogen-bond donors (Lipinski definition) is 2. The molecule has 0 spiro atoms. The Labute approximate surface area is 168 Å². The van der Waals surface area contributed by atoms with Gasteiger partial charge in [0, 0.05) is 44.8 Å². The number of aromatic nitrogens is 4. The molecule has 1 aromatic carbocycles. The number of anilines is 2. The van der Waals surface area contributed by atoms with Gasteiger partial charge < -0.3 is 15.4 Å². The molecular weight excluding hydrogens is 378 g/mol. The van der Waals surface area contributed by atoms with Crippen molar-refractivity contribution in [1.29, 1.82) is 0 Å². The third-order valence-electron chi connectivity index (χ3n) is 4.78. The van der Waals surface area contributed by atoms with E-state index >= 15 is 0 Å². The topological polar surface area (TPSA) is 80.1 Å². The lowest BCUT2D eigenvalue weighted by molar-refractivity contribution is 0.0398. The van der Waals surface area contributed by atoms with Gasteiger partial charge in [0.05, 0.1) is 24.8 Å². The molecule has 0 atom stereocenters. The maximum atomic E-state index is 5.96. The lowest BCUT2D eigenvalue weighted by Crippen LogP contribution is -2.39. The molecule has 9 heteroatoms. The maximum absolute atomic E-state index is 5.96. The van der Waals surface area contributed by atoms with Gasteiger partial charge in [-0.05, 0) is 17.7 Å². The van der Waals surface area contributed by atoms with Gasteiger partial charge in [0.2, 0.25) is 5.95 Å². The summed E-state index contributed by atoms with van der Waals surface area (Å²) < 4.78 is 7.15. The second-order valence-corrected chi connectivity index (χ2v) is 7.20. The Morgan fingerprint density at radius 1 is 1.11 bits per heavy atom. The smallest absolute Gasteiger partial charge is 0.226 e. The highest BCUT2D eigenvalue weighted by molar-refractivity contribution is 6.30. The molecule has 148 valence electrons. The first-order valence-corrected chi connectivity index (χ1v) is 9.79. The van der Waals surface area contributed by atoms with Crippen molar-refractivity contribution in [2.24, 2.45) is 7.05 Å². The lowest BCUT2D eigenvalue weighted by atomic mass is 10.2. The standard InChI is InChI=1S/C19H24ClN7O/c1-26-18-16(13-23-26)17(22-12-14-2-4-15(20)5-3-14)24-19(25-18)21-6-7-27-8-10-28-11-9-27/h2-5,13H,6-12H2,1H3,(H2,21,22,24,25). The Kier molecular flexibility index (Phi) is 5.90. The molecule has 1 aliphatic heterocycles. The molecule has 2 aromatic heterocycles. The zero-order valence-corrected chi connectivity index (χ0v) is 16.6. The quantitative estimate of drug-likeness (QED) is 0.629. The number of fused-ring (bicyclic) bond motifs is 1. The first kappa shape index (κ1) is 18.9. The van der Waals surface area contributed by atoms with Crippen LogP contribution in [0.15, 0.2) is 30.5 Å². The molecule has 1 aliphatic rings. The molecule has 0 unspecified atom stereocenters. The van der Waals surface area contributed by atoms with Crippen molar-refractivity contribution in [3.05, 3.63) is 41.0 Å². The van der Waals surface area contributed by atoms with E-state index < -0.39 is 0 Å². The van der Waals surface area contributed by atoms with Crippen LogP contribution in [0.3, 0.4) is 0 Å². The van der Waals surface area contributed by atoms with E-state index in [9.17, 15) is 0 Å². The van der Waals surface area contributed by atoms with Crippen molar-refractivity contribution in [3.63, 3.8) is 0 Å². The van der Waals surface area contributed by atoms with E-state index in [4.69, 9.17) is 16.3 Å². The lowest BCUT2D eigenvalue weighted by Gasteiger charge is -2.26. The van der Waals surface area contributed by atoms with Crippen molar-refractivity contribution in [2.75, 3.05) is 50.0 Å². The second-order valence-electron chi connectivity index (χ2n) is 6.76. The van der Waals surface area contributed by atoms with Crippen molar-refractivity contribution in [2.45, 2.75) is 6.54 Å². The van der Waals surface area contributed by atoms with E-state index in [-0.39, 0.29) is 0 Å². The SMILES string of the molecule is Cn1ncc2c(NCc3ccc(Cl)cc3)nc(NCCN3CCOCC3)nc21. The van der Waals surface area contributed by atoms with Crippen LogP contribution < -0.4 is 10.6 Å². The monoisotopic (exact) mass is 401 g/mol. The zero-order chi connectivity index (χ0) is 19.3. The van der Waals surface area contributed by atoms with Gasteiger partial charge in [0.1, 0.15) is 5.82 Å². The molecule has 28 heavy (non-hydrogen) atoms. The van der Waals surface area contributed by atoms with Crippen LogP contribution in [-0.4, -0.2) is 64.0 Å². The summed E-state index contributed by atoms with van der Waals surface area (Å²) in [5, 5.41) is 12.7. The highest BCUT2D eigenvalue weighted by Gasteiger charge is 2.13. The fourth-order valence-corrected chi connectivity index (χ4v) is 3.30. The van der Waals surface area contributed by atoms with Crippen LogP contribution in [0.5, 0.6) is 0 Å². The molecule has 2 N–H and O–H groups in total. The van der Waals surface area contributed by atoms with Crippen LogP contribution in [0.25, 0.3) is 11.0 Å². The Hall–Kier alpha value is -2.42. The minimum Gasteiger partial charge on any atom is -0.379 e. The third-order valence-corrected chi connectivity index (χ3v) is 5.03. The Morgan fingerprint density at radius 3 is 2.68 bits per heavy atom. The van der Waals surface area contributed by atoms with Crippen LogP contribution in [0, 0.1) is 0 Å². The van der Waals surface area contributed by atoms with Gasteiger partial charge in [-0.25, -0.2) is 0 Å². The molecule has 0 saturated carbocycles.